The highest BCUT2D eigenvalue weighted by Gasteiger charge is 2.28. The number of thiocarbonyl (C=S) groups is 1. The van der Waals surface area contributed by atoms with E-state index in [-0.39, 0.29) is 0 Å². The van der Waals surface area contributed by atoms with E-state index in [1.165, 1.54) is 4.31 Å². The van der Waals surface area contributed by atoms with E-state index in [2.05, 4.69) is 5.32 Å². The number of benzene rings is 1. The first-order chi connectivity index (χ1) is 10.6. The molecule has 0 spiro atoms. The van der Waals surface area contributed by atoms with Crippen LogP contribution in [0.3, 0.4) is 0 Å². The van der Waals surface area contributed by atoms with Gasteiger partial charge in [-0.3, -0.25) is 0 Å². The number of methoxy groups -OCH3 is 1. The second-order valence-electron chi connectivity index (χ2n) is 4.93. The van der Waals surface area contributed by atoms with Gasteiger partial charge in [-0.25, -0.2) is 8.42 Å². The van der Waals surface area contributed by atoms with Crippen LogP contribution < -0.4 is 5.32 Å². The van der Waals surface area contributed by atoms with Crippen molar-refractivity contribution in [1.82, 2.24) is 14.5 Å². The fourth-order valence-corrected chi connectivity index (χ4v) is 3.97. The molecule has 0 atom stereocenters. The zero-order chi connectivity index (χ0) is 16.0. The molecule has 22 heavy (non-hydrogen) atoms. The molecule has 122 valence electrons. The summed E-state index contributed by atoms with van der Waals surface area (Å²) in [5.41, 5.74) is 0. The monoisotopic (exact) mass is 343 g/mol. The number of rotatable bonds is 5. The zero-order valence-corrected chi connectivity index (χ0v) is 14.2. The minimum absolute atomic E-state index is 0.337. The lowest BCUT2D eigenvalue weighted by molar-refractivity contribution is 0.201. The molecule has 0 aromatic heterocycles. The Morgan fingerprint density at radius 1 is 1.23 bits per heavy atom. The van der Waals surface area contributed by atoms with Gasteiger partial charge in [0.05, 0.1) is 11.5 Å². The van der Waals surface area contributed by atoms with Crippen LogP contribution in [0.4, 0.5) is 0 Å². The number of piperazine rings is 1. The van der Waals surface area contributed by atoms with Crippen molar-refractivity contribution in [2.75, 3.05) is 46.4 Å². The Kier molecular flexibility index (Phi) is 6.13. The van der Waals surface area contributed by atoms with E-state index in [9.17, 15) is 8.42 Å². The predicted molar refractivity (Wildman–Crippen MR) is 89.3 cm³/mol. The molecule has 0 aliphatic carbocycles. The third-order valence-corrected chi connectivity index (χ3v) is 5.80. The van der Waals surface area contributed by atoms with Crippen molar-refractivity contribution < 1.29 is 13.2 Å². The molecule has 0 radical (unpaired) electrons. The first-order valence-electron chi connectivity index (χ1n) is 7.12. The van der Waals surface area contributed by atoms with E-state index < -0.39 is 10.0 Å². The highest BCUT2D eigenvalue weighted by atomic mass is 32.2. The molecule has 1 aliphatic heterocycles. The van der Waals surface area contributed by atoms with E-state index in [0.29, 0.717) is 49.3 Å². The fourth-order valence-electron chi connectivity index (χ4n) is 2.24. The number of sulfonamides is 1. The molecule has 1 saturated heterocycles. The smallest absolute Gasteiger partial charge is 0.243 e. The number of hydrogen-bond donors (Lipinski definition) is 1. The summed E-state index contributed by atoms with van der Waals surface area (Å²) in [6.07, 6.45) is 0. The van der Waals surface area contributed by atoms with Gasteiger partial charge in [-0.1, -0.05) is 18.2 Å². The van der Waals surface area contributed by atoms with Crippen molar-refractivity contribution in [3.63, 3.8) is 0 Å². The average molecular weight is 343 g/mol. The van der Waals surface area contributed by atoms with Crippen molar-refractivity contribution >= 4 is 27.4 Å². The molecular formula is C14H21N3O3S2. The van der Waals surface area contributed by atoms with Gasteiger partial charge >= 0.3 is 0 Å². The maximum absolute atomic E-state index is 12.5. The summed E-state index contributed by atoms with van der Waals surface area (Å²) in [6.45, 7) is 3.28. The number of nitrogens with zero attached hydrogens (tertiary/aromatic N) is 2. The van der Waals surface area contributed by atoms with Crippen molar-refractivity contribution in [3.8, 4) is 0 Å². The molecule has 0 bridgehead atoms. The second kappa shape index (κ2) is 7.87. The standard InChI is InChI=1S/C14H21N3O3S2/c1-20-12-7-15-14(21)16-8-10-17(11-9-16)22(18,19)13-5-3-2-4-6-13/h2-6H,7-12H2,1H3,(H,15,21). The summed E-state index contributed by atoms with van der Waals surface area (Å²) in [6, 6.07) is 8.52. The molecule has 1 aromatic rings. The third-order valence-electron chi connectivity index (χ3n) is 3.49. The summed E-state index contributed by atoms with van der Waals surface area (Å²) in [5, 5.41) is 3.75. The molecule has 2 rings (SSSR count). The first kappa shape index (κ1) is 17.1. The number of hydrogen-bond acceptors (Lipinski definition) is 4. The van der Waals surface area contributed by atoms with E-state index in [0.717, 1.165) is 0 Å². The van der Waals surface area contributed by atoms with Gasteiger partial charge in [0, 0.05) is 39.8 Å². The van der Waals surface area contributed by atoms with E-state index >= 15 is 0 Å². The van der Waals surface area contributed by atoms with Crippen molar-refractivity contribution in [2.24, 2.45) is 0 Å². The number of nitrogens with one attached hydrogen (secondary N) is 1. The largest absolute Gasteiger partial charge is 0.383 e. The summed E-state index contributed by atoms with van der Waals surface area (Å²) in [4.78, 5) is 2.33. The highest BCUT2D eigenvalue weighted by molar-refractivity contribution is 7.89. The molecule has 0 unspecified atom stereocenters. The summed E-state index contributed by atoms with van der Waals surface area (Å²) < 4.78 is 31.5. The molecule has 8 heteroatoms. The van der Waals surface area contributed by atoms with Gasteiger partial charge in [-0.15, -0.1) is 0 Å². The zero-order valence-electron chi connectivity index (χ0n) is 12.6. The summed E-state index contributed by atoms with van der Waals surface area (Å²) in [5.74, 6) is 0. The van der Waals surface area contributed by atoms with Crippen LogP contribution in [0.25, 0.3) is 0 Å². The minimum Gasteiger partial charge on any atom is -0.383 e. The van der Waals surface area contributed by atoms with Gasteiger partial charge in [-0.05, 0) is 24.4 Å². The predicted octanol–water partition coefficient (Wildman–Crippen LogP) is 0.514. The molecule has 1 heterocycles. The van der Waals surface area contributed by atoms with Crippen molar-refractivity contribution in [3.05, 3.63) is 30.3 Å². The van der Waals surface area contributed by atoms with Gasteiger partial charge < -0.3 is 15.0 Å². The van der Waals surface area contributed by atoms with Gasteiger partial charge in [0.25, 0.3) is 0 Å². The Labute approximate surface area is 137 Å². The van der Waals surface area contributed by atoms with Crippen LogP contribution in [0.15, 0.2) is 35.2 Å². The van der Waals surface area contributed by atoms with Crippen LogP contribution in [-0.4, -0.2) is 69.2 Å². The van der Waals surface area contributed by atoms with Gasteiger partial charge in [0.15, 0.2) is 5.11 Å². The molecule has 0 saturated carbocycles. The van der Waals surface area contributed by atoms with Crippen LogP contribution >= 0.6 is 12.2 Å². The van der Waals surface area contributed by atoms with Crippen molar-refractivity contribution in [2.45, 2.75) is 4.90 Å². The van der Waals surface area contributed by atoms with Crippen LogP contribution in [0.2, 0.25) is 0 Å². The fraction of sp³-hybridized carbons (Fsp3) is 0.500. The Bertz CT molecular complexity index is 585. The quantitative estimate of drug-likeness (QED) is 0.621. The molecule has 6 nitrogen and oxygen atoms in total. The molecule has 1 aromatic carbocycles. The Morgan fingerprint density at radius 3 is 2.45 bits per heavy atom. The molecule has 1 fully saturated rings. The number of ether oxygens (including phenoxy) is 1. The SMILES string of the molecule is COCCNC(=S)N1CCN(S(=O)(=O)c2ccccc2)CC1. The Balaban J connectivity index is 1.91. The molecular weight excluding hydrogens is 322 g/mol. The lowest BCUT2D eigenvalue weighted by atomic mass is 10.4. The Morgan fingerprint density at radius 2 is 1.86 bits per heavy atom. The lowest BCUT2D eigenvalue weighted by Gasteiger charge is -2.35. The van der Waals surface area contributed by atoms with Crippen molar-refractivity contribution in [1.29, 1.82) is 0 Å². The van der Waals surface area contributed by atoms with Crippen LogP contribution in [-0.2, 0) is 14.8 Å². The lowest BCUT2D eigenvalue weighted by Crippen LogP contribution is -2.53. The average Bonchev–Trinajstić information content (AvgIpc) is 2.56. The third kappa shape index (κ3) is 4.16. The maximum Gasteiger partial charge on any atom is 0.243 e. The summed E-state index contributed by atoms with van der Waals surface area (Å²) in [7, 11) is -1.77. The Hall–Kier alpha value is -1.22. The second-order valence-corrected chi connectivity index (χ2v) is 7.25. The topological polar surface area (TPSA) is 61.9 Å². The van der Waals surface area contributed by atoms with Gasteiger partial charge in [-0.2, -0.15) is 4.31 Å². The summed E-state index contributed by atoms with van der Waals surface area (Å²) >= 11 is 5.30. The van der Waals surface area contributed by atoms with Crippen LogP contribution in [0.1, 0.15) is 0 Å². The van der Waals surface area contributed by atoms with Gasteiger partial charge in [0.1, 0.15) is 0 Å². The van der Waals surface area contributed by atoms with Gasteiger partial charge in [0.2, 0.25) is 10.0 Å². The molecule has 0 amide bonds. The maximum atomic E-state index is 12.5. The van der Waals surface area contributed by atoms with Crippen LogP contribution in [0, 0.1) is 0 Å². The van der Waals surface area contributed by atoms with E-state index in [4.69, 9.17) is 17.0 Å². The minimum atomic E-state index is -3.41. The molecule has 1 N–H and O–H groups in total. The normalized spacial score (nSPS) is 16.5. The first-order valence-corrected chi connectivity index (χ1v) is 8.97. The molecule has 1 aliphatic rings. The highest BCUT2D eigenvalue weighted by Crippen LogP contribution is 2.17. The van der Waals surface area contributed by atoms with Crippen LogP contribution in [0.5, 0.6) is 0 Å². The van der Waals surface area contributed by atoms with E-state index in [1.807, 2.05) is 4.90 Å². The van der Waals surface area contributed by atoms with E-state index in [1.54, 1.807) is 37.4 Å².